The van der Waals surface area contributed by atoms with Crippen molar-refractivity contribution in [3.63, 3.8) is 0 Å². The van der Waals surface area contributed by atoms with E-state index in [1.54, 1.807) is 20.0 Å². The lowest BCUT2D eigenvalue weighted by Crippen LogP contribution is -2.22. The molecule has 0 unspecified atom stereocenters. The molecule has 2 rings (SSSR count). The zero-order chi connectivity index (χ0) is 13.1. The van der Waals surface area contributed by atoms with Crippen molar-refractivity contribution in [2.75, 3.05) is 0 Å². The average Bonchev–Trinajstić information content (AvgIpc) is 2.38. The molecule has 1 heterocycles. The van der Waals surface area contributed by atoms with Crippen molar-refractivity contribution in [1.82, 2.24) is 15.4 Å². The Kier molecular flexibility index (Phi) is 3.34. The van der Waals surface area contributed by atoms with Gasteiger partial charge in [-0.25, -0.2) is 9.97 Å². The third-order valence-corrected chi connectivity index (χ3v) is 2.68. The average molecular weight is 241 g/mol. The number of nitrogens with one attached hydrogen (secondary N) is 2. The van der Waals surface area contributed by atoms with Crippen molar-refractivity contribution in [1.29, 1.82) is 5.41 Å². The second-order valence-electron chi connectivity index (χ2n) is 4.02. The fraction of sp³-hybridized carbons (Fsp3) is 0.154. The molecule has 0 bridgehead atoms. The molecule has 0 aliphatic heterocycles. The number of aromatic nitrogens is 2. The van der Waals surface area contributed by atoms with Crippen LogP contribution in [0.25, 0.3) is 16.5 Å². The van der Waals surface area contributed by atoms with Crippen molar-refractivity contribution in [2.45, 2.75) is 13.8 Å². The zero-order valence-electron chi connectivity index (χ0n) is 10.4. The highest BCUT2D eigenvalue weighted by Gasteiger charge is 2.11. The quantitative estimate of drug-likeness (QED) is 0.435. The highest BCUT2D eigenvalue weighted by atomic mass is 15.2. The number of hydrogen-bond donors (Lipinski definition) is 3. The topological polar surface area (TPSA) is 87.7 Å². The van der Waals surface area contributed by atoms with Gasteiger partial charge in [-0.2, -0.15) is 0 Å². The van der Waals surface area contributed by atoms with Crippen molar-refractivity contribution >= 4 is 22.2 Å². The van der Waals surface area contributed by atoms with Gasteiger partial charge in [0.25, 0.3) is 0 Å². The van der Waals surface area contributed by atoms with Gasteiger partial charge in [-0.3, -0.25) is 5.84 Å². The van der Waals surface area contributed by atoms with Crippen LogP contribution in [0.5, 0.6) is 0 Å². The Morgan fingerprint density at radius 2 is 2.00 bits per heavy atom. The van der Waals surface area contributed by atoms with E-state index in [1.807, 2.05) is 24.3 Å². The molecule has 1 aromatic carbocycles. The minimum absolute atomic E-state index is 0.376. The number of hydrazine groups is 1. The van der Waals surface area contributed by atoms with Crippen molar-refractivity contribution in [3.8, 4) is 0 Å². The zero-order valence-corrected chi connectivity index (χ0v) is 10.4. The van der Waals surface area contributed by atoms with E-state index in [9.17, 15) is 0 Å². The Bertz CT molecular complexity index is 630. The van der Waals surface area contributed by atoms with E-state index in [4.69, 9.17) is 11.3 Å². The van der Waals surface area contributed by atoms with Crippen LogP contribution in [0.2, 0.25) is 0 Å². The molecular formula is C13H15N5. The van der Waals surface area contributed by atoms with Gasteiger partial charge in [-0.05, 0) is 19.9 Å². The molecule has 92 valence electrons. The number of rotatable bonds is 3. The molecule has 0 radical (unpaired) electrons. The van der Waals surface area contributed by atoms with Crippen LogP contribution in [0.15, 0.2) is 36.2 Å². The summed E-state index contributed by atoms with van der Waals surface area (Å²) in [6.45, 7) is 3.49. The molecule has 5 nitrogen and oxygen atoms in total. The van der Waals surface area contributed by atoms with Crippen LogP contribution in [-0.4, -0.2) is 15.7 Å². The summed E-state index contributed by atoms with van der Waals surface area (Å²) < 4.78 is 0. The van der Waals surface area contributed by atoms with Gasteiger partial charge >= 0.3 is 0 Å². The van der Waals surface area contributed by atoms with Gasteiger partial charge in [0.15, 0.2) is 5.82 Å². The monoisotopic (exact) mass is 241 g/mol. The summed E-state index contributed by atoms with van der Waals surface area (Å²) in [6, 6.07) is 7.74. The van der Waals surface area contributed by atoms with E-state index in [0.717, 1.165) is 10.9 Å². The Balaban J connectivity index is 2.62. The molecule has 0 aliphatic carbocycles. The maximum Gasteiger partial charge on any atom is 0.163 e. The maximum atomic E-state index is 7.80. The van der Waals surface area contributed by atoms with Gasteiger partial charge in [0.05, 0.1) is 11.1 Å². The van der Waals surface area contributed by atoms with Crippen LogP contribution in [-0.2, 0) is 0 Å². The molecule has 0 spiro atoms. The summed E-state index contributed by atoms with van der Waals surface area (Å²) in [5.74, 6) is 5.91. The van der Waals surface area contributed by atoms with Gasteiger partial charge in [0, 0.05) is 23.0 Å². The molecule has 0 fully saturated rings. The summed E-state index contributed by atoms with van der Waals surface area (Å²) in [5.41, 5.74) is 5.09. The first-order valence-electron chi connectivity index (χ1n) is 5.58. The standard InChI is InChI=1S/C13H15N5/c1-8(14)12(9(2)18-15)13-16-7-10-5-3-4-6-11(10)17-13/h3-7,14,18H,15H2,1-2H3/b12-9+,14-8?. The third kappa shape index (κ3) is 2.21. The molecular weight excluding hydrogens is 226 g/mol. The minimum Gasteiger partial charge on any atom is -0.328 e. The Labute approximate surface area is 105 Å². The molecule has 1 aromatic heterocycles. The first-order chi connectivity index (χ1) is 8.63. The van der Waals surface area contributed by atoms with Gasteiger partial charge in [-0.15, -0.1) is 0 Å². The molecule has 0 amide bonds. The van der Waals surface area contributed by atoms with Crippen LogP contribution >= 0.6 is 0 Å². The summed E-state index contributed by atoms with van der Waals surface area (Å²) in [6.07, 6.45) is 1.75. The molecule has 0 saturated carbocycles. The molecule has 0 saturated heterocycles. The molecule has 5 heteroatoms. The summed E-state index contributed by atoms with van der Waals surface area (Å²) in [5, 5.41) is 8.77. The predicted octanol–water partition coefficient (Wildman–Crippen LogP) is 1.86. The van der Waals surface area contributed by atoms with Crippen LogP contribution in [0.1, 0.15) is 19.7 Å². The molecule has 0 atom stereocenters. The number of benzene rings is 1. The first-order valence-corrected chi connectivity index (χ1v) is 5.58. The van der Waals surface area contributed by atoms with Gasteiger partial charge in [-0.1, -0.05) is 18.2 Å². The van der Waals surface area contributed by atoms with Gasteiger partial charge in [0.2, 0.25) is 0 Å². The highest BCUT2D eigenvalue weighted by Crippen LogP contribution is 2.17. The fourth-order valence-corrected chi connectivity index (χ4v) is 1.78. The Hall–Kier alpha value is -2.27. The molecule has 2 aromatic rings. The summed E-state index contributed by atoms with van der Waals surface area (Å²) in [7, 11) is 0. The van der Waals surface area contributed by atoms with Crippen molar-refractivity contribution in [2.24, 2.45) is 5.84 Å². The Morgan fingerprint density at radius 1 is 1.28 bits per heavy atom. The molecule has 0 aliphatic rings. The first kappa shape index (κ1) is 12.2. The SMILES string of the molecule is CC(=N)/C(=C(/C)NN)c1ncc2ccccc2n1. The maximum absolute atomic E-state index is 7.80. The lowest BCUT2D eigenvalue weighted by Gasteiger charge is -2.09. The number of nitrogens with zero attached hydrogens (tertiary/aromatic N) is 2. The van der Waals surface area contributed by atoms with Crippen LogP contribution in [0, 0.1) is 5.41 Å². The number of fused-ring (bicyclic) bond motifs is 1. The third-order valence-electron chi connectivity index (χ3n) is 2.68. The van der Waals surface area contributed by atoms with Crippen molar-refractivity contribution in [3.05, 3.63) is 42.0 Å². The van der Waals surface area contributed by atoms with Gasteiger partial charge in [0.1, 0.15) is 0 Å². The minimum atomic E-state index is 0.376. The van der Waals surface area contributed by atoms with E-state index >= 15 is 0 Å². The lowest BCUT2D eigenvalue weighted by atomic mass is 10.1. The normalized spacial score (nSPS) is 12.2. The van der Waals surface area contributed by atoms with Crippen LogP contribution in [0.4, 0.5) is 0 Å². The number of para-hydroxylation sites is 1. The van der Waals surface area contributed by atoms with Crippen molar-refractivity contribution < 1.29 is 0 Å². The van der Waals surface area contributed by atoms with E-state index in [-0.39, 0.29) is 0 Å². The number of allylic oxidation sites excluding steroid dienone is 2. The lowest BCUT2D eigenvalue weighted by molar-refractivity contribution is 0.888. The highest BCUT2D eigenvalue weighted by molar-refractivity contribution is 6.21. The summed E-state index contributed by atoms with van der Waals surface area (Å²) in [4.78, 5) is 8.75. The second kappa shape index (κ2) is 4.93. The van der Waals surface area contributed by atoms with E-state index < -0.39 is 0 Å². The molecule has 4 N–H and O–H groups in total. The smallest absolute Gasteiger partial charge is 0.163 e. The number of hydrogen-bond acceptors (Lipinski definition) is 5. The predicted molar refractivity (Wildman–Crippen MR) is 72.9 cm³/mol. The largest absolute Gasteiger partial charge is 0.328 e. The molecule has 18 heavy (non-hydrogen) atoms. The Morgan fingerprint density at radius 3 is 2.67 bits per heavy atom. The second-order valence-corrected chi connectivity index (χ2v) is 4.02. The van der Waals surface area contributed by atoms with Crippen LogP contribution < -0.4 is 11.3 Å². The van der Waals surface area contributed by atoms with E-state index in [2.05, 4.69) is 15.4 Å². The van der Waals surface area contributed by atoms with Crippen LogP contribution in [0.3, 0.4) is 0 Å². The van der Waals surface area contributed by atoms with Gasteiger partial charge < -0.3 is 10.8 Å². The van der Waals surface area contributed by atoms with E-state index in [0.29, 0.717) is 22.8 Å². The number of nitrogens with two attached hydrogens (primary N) is 1. The van der Waals surface area contributed by atoms with E-state index in [1.165, 1.54) is 0 Å². The summed E-state index contributed by atoms with van der Waals surface area (Å²) >= 11 is 0. The fourth-order valence-electron chi connectivity index (χ4n) is 1.78.